The van der Waals surface area contributed by atoms with E-state index < -0.39 is 0 Å². The molecule has 0 atom stereocenters. The van der Waals surface area contributed by atoms with E-state index in [2.05, 4.69) is 4.98 Å². The second kappa shape index (κ2) is 6.71. The summed E-state index contributed by atoms with van der Waals surface area (Å²) in [6.07, 6.45) is 3.07. The quantitative estimate of drug-likeness (QED) is 0.681. The summed E-state index contributed by atoms with van der Waals surface area (Å²) in [5.74, 6) is 0.272. The topological polar surface area (TPSA) is 54.7 Å². The van der Waals surface area contributed by atoms with Gasteiger partial charge in [-0.3, -0.25) is 14.0 Å². The van der Waals surface area contributed by atoms with Crippen molar-refractivity contribution in [3.8, 4) is 0 Å². The standard InChI is InChI=1S/C20H18FN3O2/c21-16-6-4-14(5-7-16)20(26)15-8-11-23(12-9-15)18-13-19(25)24-10-2-1-3-17(24)22-18/h1-7,10,13,15H,8-9,11-12H2. The molecular formula is C20H18FN3O2. The fourth-order valence-corrected chi connectivity index (χ4v) is 3.42. The molecule has 0 amide bonds. The van der Waals surface area contributed by atoms with Crippen molar-refractivity contribution < 1.29 is 9.18 Å². The molecule has 3 heterocycles. The smallest absolute Gasteiger partial charge is 0.259 e. The number of ketones is 1. The largest absolute Gasteiger partial charge is 0.356 e. The summed E-state index contributed by atoms with van der Waals surface area (Å²) in [5.41, 5.74) is 1.04. The Morgan fingerprint density at radius 3 is 2.54 bits per heavy atom. The van der Waals surface area contributed by atoms with Crippen LogP contribution in [0, 0.1) is 11.7 Å². The van der Waals surface area contributed by atoms with Crippen molar-refractivity contribution in [2.45, 2.75) is 12.8 Å². The maximum atomic E-state index is 13.0. The lowest BCUT2D eigenvalue weighted by atomic mass is 9.89. The van der Waals surface area contributed by atoms with Gasteiger partial charge in [0.05, 0.1) is 0 Å². The number of benzene rings is 1. The molecule has 3 aromatic rings. The summed E-state index contributed by atoms with van der Waals surface area (Å²) in [6.45, 7) is 1.32. The monoisotopic (exact) mass is 351 g/mol. The van der Waals surface area contributed by atoms with Gasteiger partial charge in [-0.05, 0) is 49.2 Å². The van der Waals surface area contributed by atoms with E-state index in [4.69, 9.17) is 0 Å². The predicted molar refractivity (Wildman–Crippen MR) is 97.1 cm³/mol. The molecule has 5 nitrogen and oxygen atoms in total. The predicted octanol–water partition coefficient (Wildman–Crippen LogP) is 2.93. The summed E-state index contributed by atoms with van der Waals surface area (Å²) in [5, 5.41) is 0. The lowest BCUT2D eigenvalue weighted by Gasteiger charge is -2.32. The Morgan fingerprint density at radius 2 is 1.81 bits per heavy atom. The number of carbonyl (C=O) groups is 1. The molecule has 0 unspecified atom stereocenters. The molecule has 6 heteroatoms. The molecule has 0 bridgehead atoms. The Balaban J connectivity index is 1.49. The number of anilines is 1. The molecule has 0 radical (unpaired) electrons. The van der Waals surface area contributed by atoms with Crippen LogP contribution in [0.15, 0.2) is 59.5 Å². The zero-order valence-corrected chi connectivity index (χ0v) is 14.1. The van der Waals surface area contributed by atoms with Gasteiger partial charge in [0.25, 0.3) is 5.56 Å². The van der Waals surface area contributed by atoms with Crippen LogP contribution in [0.4, 0.5) is 10.2 Å². The van der Waals surface area contributed by atoms with Gasteiger partial charge in [-0.25, -0.2) is 9.37 Å². The van der Waals surface area contributed by atoms with Crippen LogP contribution in [0.5, 0.6) is 0 Å². The van der Waals surface area contributed by atoms with E-state index >= 15 is 0 Å². The first-order chi connectivity index (χ1) is 12.6. The Bertz CT molecular complexity index is 1010. The van der Waals surface area contributed by atoms with E-state index in [9.17, 15) is 14.0 Å². The first-order valence-corrected chi connectivity index (χ1v) is 8.65. The number of rotatable bonds is 3. The molecule has 1 aliphatic rings. The number of fused-ring (bicyclic) bond motifs is 1. The number of piperidine rings is 1. The van der Waals surface area contributed by atoms with Crippen LogP contribution < -0.4 is 10.5 Å². The van der Waals surface area contributed by atoms with Crippen molar-refractivity contribution in [3.05, 3.63) is 76.5 Å². The number of hydrogen-bond donors (Lipinski definition) is 0. The molecule has 2 aromatic heterocycles. The van der Waals surface area contributed by atoms with E-state index in [0.29, 0.717) is 43.0 Å². The minimum absolute atomic E-state index is 0.0520. The Morgan fingerprint density at radius 1 is 1.08 bits per heavy atom. The SMILES string of the molecule is O=C(c1ccc(F)cc1)C1CCN(c2cc(=O)n3ccccc3n2)CC1. The van der Waals surface area contributed by atoms with Gasteiger partial charge in [-0.1, -0.05) is 6.07 Å². The number of carbonyl (C=O) groups excluding carboxylic acids is 1. The molecule has 0 N–H and O–H groups in total. The number of nitrogens with zero attached hydrogens (tertiary/aromatic N) is 3. The van der Waals surface area contributed by atoms with Crippen molar-refractivity contribution in [2.24, 2.45) is 5.92 Å². The highest BCUT2D eigenvalue weighted by atomic mass is 19.1. The van der Waals surface area contributed by atoms with Crippen LogP contribution in [-0.2, 0) is 0 Å². The Kier molecular flexibility index (Phi) is 4.24. The number of halogens is 1. The first-order valence-electron chi connectivity index (χ1n) is 8.65. The third kappa shape index (κ3) is 3.10. The third-order valence-electron chi connectivity index (χ3n) is 4.88. The van der Waals surface area contributed by atoms with E-state index in [-0.39, 0.29) is 23.1 Å². The van der Waals surface area contributed by atoms with E-state index in [0.717, 1.165) is 0 Å². The highest BCUT2D eigenvalue weighted by Gasteiger charge is 2.26. The summed E-state index contributed by atoms with van der Waals surface area (Å²) < 4.78 is 14.5. The van der Waals surface area contributed by atoms with Crippen LogP contribution in [0.25, 0.3) is 5.65 Å². The van der Waals surface area contributed by atoms with Gasteiger partial charge in [0.1, 0.15) is 17.3 Å². The minimum atomic E-state index is -0.343. The van der Waals surface area contributed by atoms with Gasteiger partial charge in [-0.2, -0.15) is 0 Å². The van der Waals surface area contributed by atoms with Gasteiger partial charge in [-0.15, -0.1) is 0 Å². The van der Waals surface area contributed by atoms with E-state index in [1.54, 1.807) is 18.3 Å². The van der Waals surface area contributed by atoms with Crippen molar-refractivity contribution in [2.75, 3.05) is 18.0 Å². The average Bonchev–Trinajstić information content (AvgIpc) is 2.68. The lowest BCUT2D eigenvalue weighted by Crippen LogP contribution is -2.37. The third-order valence-corrected chi connectivity index (χ3v) is 4.88. The summed E-state index contributed by atoms with van der Waals surface area (Å²) in [4.78, 5) is 31.4. The highest BCUT2D eigenvalue weighted by Crippen LogP contribution is 2.24. The van der Waals surface area contributed by atoms with Gasteiger partial charge in [0.15, 0.2) is 5.78 Å². The van der Waals surface area contributed by atoms with E-state index in [1.165, 1.54) is 34.7 Å². The maximum Gasteiger partial charge on any atom is 0.259 e. The number of pyridine rings is 1. The Hall–Kier alpha value is -3.02. The zero-order valence-electron chi connectivity index (χ0n) is 14.1. The normalized spacial score (nSPS) is 15.3. The second-order valence-corrected chi connectivity index (χ2v) is 6.51. The van der Waals surface area contributed by atoms with Gasteiger partial charge in [0.2, 0.25) is 0 Å². The fourth-order valence-electron chi connectivity index (χ4n) is 3.42. The van der Waals surface area contributed by atoms with Crippen LogP contribution in [0.1, 0.15) is 23.2 Å². The number of hydrogen-bond acceptors (Lipinski definition) is 4. The molecule has 0 saturated carbocycles. The first kappa shape index (κ1) is 16.4. The molecule has 0 aliphatic carbocycles. The van der Waals surface area contributed by atoms with Gasteiger partial charge in [0, 0.05) is 36.8 Å². The average molecular weight is 351 g/mol. The fraction of sp³-hybridized carbons (Fsp3) is 0.250. The minimum Gasteiger partial charge on any atom is -0.356 e. The van der Waals surface area contributed by atoms with Crippen molar-refractivity contribution in [3.63, 3.8) is 0 Å². The second-order valence-electron chi connectivity index (χ2n) is 6.51. The molecule has 1 saturated heterocycles. The summed E-state index contributed by atoms with van der Waals surface area (Å²) in [6, 6.07) is 12.7. The van der Waals surface area contributed by atoms with Crippen molar-refractivity contribution in [1.29, 1.82) is 0 Å². The highest BCUT2D eigenvalue weighted by molar-refractivity contribution is 5.97. The molecule has 0 spiro atoms. The van der Waals surface area contributed by atoms with Crippen LogP contribution in [0.3, 0.4) is 0 Å². The Labute approximate surface area is 149 Å². The molecule has 4 rings (SSSR count). The summed E-state index contributed by atoms with van der Waals surface area (Å²) in [7, 11) is 0. The summed E-state index contributed by atoms with van der Waals surface area (Å²) >= 11 is 0. The lowest BCUT2D eigenvalue weighted by molar-refractivity contribution is 0.0900. The molecule has 1 fully saturated rings. The molecule has 26 heavy (non-hydrogen) atoms. The zero-order chi connectivity index (χ0) is 18.1. The molecule has 132 valence electrons. The molecule has 1 aromatic carbocycles. The number of Topliss-reactive ketones (excluding diaryl/α,β-unsaturated/α-hetero) is 1. The molecule has 1 aliphatic heterocycles. The maximum absolute atomic E-state index is 13.0. The van der Waals surface area contributed by atoms with Crippen LogP contribution in [0.2, 0.25) is 0 Å². The van der Waals surface area contributed by atoms with Gasteiger partial charge >= 0.3 is 0 Å². The number of aromatic nitrogens is 2. The van der Waals surface area contributed by atoms with Crippen molar-refractivity contribution >= 4 is 17.2 Å². The molecular weight excluding hydrogens is 333 g/mol. The van der Waals surface area contributed by atoms with Crippen molar-refractivity contribution in [1.82, 2.24) is 9.38 Å². The van der Waals surface area contributed by atoms with Crippen LogP contribution in [-0.4, -0.2) is 28.3 Å². The van der Waals surface area contributed by atoms with Crippen LogP contribution >= 0.6 is 0 Å². The van der Waals surface area contributed by atoms with E-state index in [1.807, 2.05) is 11.0 Å². The van der Waals surface area contributed by atoms with Gasteiger partial charge < -0.3 is 4.90 Å².